The predicted octanol–water partition coefficient (Wildman–Crippen LogP) is 1.78. The van der Waals surface area contributed by atoms with Gasteiger partial charge in [-0.2, -0.15) is 9.90 Å². The molecule has 1 aromatic rings. The molecule has 1 aromatic carbocycles. The van der Waals surface area contributed by atoms with Gasteiger partial charge in [0, 0.05) is 0 Å². The van der Waals surface area contributed by atoms with Crippen molar-refractivity contribution in [3.05, 3.63) is 48.0 Å². The largest absolute Gasteiger partial charge is 0.286 e. The second-order valence-electron chi connectivity index (χ2n) is 2.88. The van der Waals surface area contributed by atoms with Gasteiger partial charge in [0.05, 0.1) is 26.9 Å². The number of nitro benzene ring substituents is 3. The average Bonchev–Trinajstić information content (AvgIpc) is 2.16. The summed E-state index contributed by atoms with van der Waals surface area (Å²) >= 11 is 0. The molecule has 92 valence electrons. The summed E-state index contributed by atoms with van der Waals surface area (Å²) in [7, 11) is 0. The van der Waals surface area contributed by atoms with Gasteiger partial charge in [-0.15, -0.1) is 0 Å². The van der Waals surface area contributed by atoms with Gasteiger partial charge in [0.15, 0.2) is 0 Å². The van der Waals surface area contributed by atoms with E-state index in [2.05, 4.69) is 0 Å². The van der Waals surface area contributed by atoms with Crippen LogP contribution >= 0.6 is 9.90 Å². The molecule has 0 heterocycles. The fraction of sp³-hybridized carbons (Fsp3) is 0.143. The highest BCUT2D eigenvalue weighted by atomic mass is 31.0. The predicted molar refractivity (Wildman–Crippen MR) is 62.2 cm³/mol. The lowest BCUT2D eigenvalue weighted by Crippen LogP contribution is -2.00. The normalized spacial score (nSPS) is 9.24. The number of nitrogens with zero attached hydrogens (tertiary/aromatic N) is 3. The van der Waals surface area contributed by atoms with E-state index in [9.17, 15) is 30.3 Å². The summed E-state index contributed by atoms with van der Waals surface area (Å²) in [4.78, 5) is 28.8. The molecule has 10 heteroatoms. The van der Waals surface area contributed by atoms with Crippen molar-refractivity contribution in [3.63, 3.8) is 0 Å². The minimum atomic E-state index is -0.917. The smallest absolute Gasteiger partial charge is 0.258 e. The molecule has 0 fully saturated rings. The zero-order chi connectivity index (χ0) is 12.5. The molecular formula is C7H8N3O6P. The van der Waals surface area contributed by atoms with Crippen LogP contribution < -0.4 is 0 Å². The van der Waals surface area contributed by atoms with Gasteiger partial charge in [-0.1, -0.05) is 0 Å². The van der Waals surface area contributed by atoms with Gasteiger partial charge in [0.1, 0.15) is 5.56 Å². The summed E-state index contributed by atoms with van der Waals surface area (Å²) in [5.74, 6) is 0. The molecule has 1 unspecified atom stereocenters. The van der Waals surface area contributed by atoms with E-state index in [1.807, 2.05) is 0 Å². The van der Waals surface area contributed by atoms with Gasteiger partial charge < -0.3 is 0 Å². The Balaban J connectivity index is 0.00000256. The van der Waals surface area contributed by atoms with Crippen molar-refractivity contribution in [2.24, 2.45) is 0 Å². The monoisotopic (exact) mass is 261 g/mol. The lowest BCUT2D eigenvalue weighted by Gasteiger charge is -1.99. The van der Waals surface area contributed by atoms with Gasteiger partial charge in [-0.3, -0.25) is 30.3 Å². The molecule has 1 rings (SSSR count). The Morgan fingerprint density at radius 3 is 1.47 bits per heavy atom. The van der Waals surface area contributed by atoms with Crippen LogP contribution in [0.4, 0.5) is 17.1 Å². The van der Waals surface area contributed by atoms with E-state index >= 15 is 0 Å². The molecule has 17 heavy (non-hydrogen) atoms. The maximum absolute atomic E-state index is 10.5. The Hall–Kier alpha value is -2.15. The van der Waals surface area contributed by atoms with Crippen molar-refractivity contribution in [1.82, 2.24) is 0 Å². The van der Waals surface area contributed by atoms with Gasteiger partial charge in [0.2, 0.25) is 0 Å². The molecule has 0 spiro atoms. The van der Waals surface area contributed by atoms with E-state index in [4.69, 9.17) is 0 Å². The lowest BCUT2D eigenvalue weighted by molar-refractivity contribution is -0.403. The van der Waals surface area contributed by atoms with Gasteiger partial charge in [0.25, 0.3) is 17.1 Å². The van der Waals surface area contributed by atoms with Crippen molar-refractivity contribution in [2.45, 2.75) is 6.92 Å². The van der Waals surface area contributed by atoms with Crippen molar-refractivity contribution in [2.75, 3.05) is 0 Å². The van der Waals surface area contributed by atoms with Crippen LogP contribution in [0.15, 0.2) is 12.1 Å². The number of hydrogen-bond acceptors (Lipinski definition) is 6. The van der Waals surface area contributed by atoms with Crippen LogP contribution in [0.3, 0.4) is 0 Å². The Labute approximate surface area is 97.5 Å². The molecule has 1 atom stereocenters. The molecule has 0 N–H and O–H groups in total. The molecule has 0 radical (unpaired) electrons. The molecule has 0 saturated heterocycles. The van der Waals surface area contributed by atoms with E-state index in [1.165, 1.54) is 6.92 Å². The second kappa shape index (κ2) is 5.26. The lowest BCUT2D eigenvalue weighted by atomic mass is 10.1. The number of hydrogen-bond donors (Lipinski definition) is 0. The van der Waals surface area contributed by atoms with E-state index in [-0.39, 0.29) is 15.5 Å². The molecule has 9 nitrogen and oxygen atoms in total. The Kier molecular flexibility index (Phi) is 4.60. The molecule has 0 aromatic heterocycles. The summed E-state index contributed by atoms with van der Waals surface area (Å²) in [6, 6.07) is 1.39. The Bertz CT molecular complexity index is 467. The van der Waals surface area contributed by atoms with Gasteiger partial charge >= 0.3 is 0 Å². The maximum Gasteiger partial charge on any atom is 0.286 e. The van der Waals surface area contributed by atoms with Gasteiger partial charge in [-0.05, 0) is 6.92 Å². The van der Waals surface area contributed by atoms with Gasteiger partial charge in [-0.25, -0.2) is 0 Å². The summed E-state index contributed by atoms with van der Waals surface area (Å²) in [6.45, 7) is 1.17. The van der Waals surface area contributed by atoms with Crippen LogP contribution in [0.5, 0.6) is 0 Å². The fourth-order valence-corrected chi connectivity index (χ4v) is 1.15. The highest BCUT2D eigenvalue weighted by Gasteiger charge is 2.27. The third-order valence-electron chi connectivity index (χ3n) is 1.94. The summed E-state index contributed by atoms with van der Waals surface area (Å²) in [5.41, 5.74) is -2.16. The first-order chi connectivity index (χ1) is 7.34. The molecule has 0 aliphatic heterocycles. The number of benzene rings is 1. The minimum absolute atomic E-state index is 0. The van der Waals surface area contributed by atoms with Crippen LogP contribution in [-0.2, 0) is 0 Å². The number of nitro groups is 3. The van der Waals surface area contributed by atoms with Crippen LogP contribution in [0, 0.1) is 37.3 Å². The first kappa shape index (κ1) is 14.8. The standard InChI is InChI=1S/C7H5N3O6.H3P/c1-4-6(9(13)14)2-5(8(11)12)3-7(4)10(15)16;/h2-3H,1H3;1H3. The minimum Gasteiger partial charge on any atom is -0.258 e. The molecule has 0 amide bonds. The zero-order valence-electron chi connectivity index (χ0n) is 8.65. The highest BCUT2D eigenvalue weighted by molar-refractivity contribution is 6.92. The first-order valence-electron chi connectivity index (χ1n) is 3.92. The number of non-ortho nitro benzene ring substituents is 1. The van der Waals surface area contributed by atoms with E-state index < -0.39 is 31.8 Å². The highest BCUT2D eigenvalue weighted by Crippen LogP contribution is 2.32. The van der Waals surface area contributed by atoms with Crippen molar-refractivity contribution >= 4 is 27.0 Å². The van der Waals surface area contributed by atoms with E-state index in [1.54, 1.807) is 0 Å². The SMILES string of the molecule is Cc1c([N+](=O)[O-])cc([N+](=O)[O-])cc1[N+](=O)[O-].P. The Morgan fingerprint density at radius 2 is 1.24 bits per heavy atom. The maximum atomic E-state index is 10.5. The molecule has 0 saturated carbocycles. The van der Waals surface area contributed by atoms with Crippen LogP contribution in [0.25, 0.3) is 0 Å². The van der Waals surface area contributed by atoms with Crippen molar-refractivity contribution in [3.8, 4) is 0 Å². The number of rotatable bonds is 3. The molecule has 0 aliphatic rings. The molecular weight excluding hydrogens is 253 g/mol. The second-order valence-corrected chi connectivity index (χ2v) is 2.88. The van der Waals surface area contributed by atoms with Crippen LogP contribution in [-0.4, -0.2) is 14.8 Å². The summed E-state index contributed by atoms with van der Waals surface area (Å²) in [6.07, 6.45) is 0. The fourth-order valence-electron chi connectivity index (χ4n) is 1.15. The van der Waals surface area contributed by atoms with Crippen LogP contribution in [0.1, 0.15) is 5.56 Å². The summed E-state index contributed by atoms with van der Waals surface area (Å²) < 4.78 is 0. The topological polar surface area (TPSA) is 129 Å². The summed E-state index contributed by atoms with van der Waals surface area (Å²) in [5, 5.41) is 31.5. The average molecular weight is 261 g/mol. The first-order valence-corrected chi connectivity index (χ1v) is 3.92. The molecule has 0 bridgehead atoms. The molecule has 0 aliphatic carbocycles. The third-order valence-corrected chi connectivity index (χ3v) is 1.94. The quantitative estimate of drug-likeness (QED) is 0.463. The zero-order valence-corrected chi connectivity index (χ0v) is 10.1. The van der Waals surface area contributed by atoms with Crippen molar-refractivity contribution < 1.29 is 14.8 Å². The third kappa shape index (κ3) is 2.91. The van der Waals surface area contributed by atoms with Crippen molar-refractivity contribution in [1.29, 1.82) is 0 Å². The van der Waals surface area contributed by atoms with E-state index in [0.717, 1.165) is 0 Å². The Morgan fingerprint density at radius 1 is 0.882 bits per heavy atom. The van der Waals surface area contributed by atoms with Crippen LogP contribution in [0.2, 0.25) is 0 Å². The van der Waals surface area contributed by atoms with E-state index in [0.29, 0.717) is 12.1 Å².